The highest BCUT2D eigenvalue weighted by Crippen LogP contribution is 2.39. The number of phenols is 1. The van der Waals surface area contributed by atoms with E-state index in [0.29, 0.717) is 23.0 Å². The van der Waals surface area contributed by atoms with E-state index in [0.717, 1.165) is 48.6 Å². The summed E-state index contributed by atoms with van der Waals surface area (Å²) < 4.78 is 13.3. The Morgan fingerprint density at radius 1 is 1.16 bits per heavy atom. The van der Waals surface area contributed by atoms with Crippen molar-refractivity contribution in [2.24, 2.45) is 0 Å². The fourth-order valence-electron chi connectivity index (χ4n) is 3.94. The number of Topliss-reactive ketones (excluding diaryl/α,β-unsaturated/α-hetero) is 1. The zero-order chi connectivity index (χ0) is 21.1. The van der Waals surface area contributed by atoms with Crippen LogP contribution < -0.4 is 5.73 Å². The number of nitrogens with zero attached hydrogens (tertiary/aromatic N) is 2. The van der Waals surface area contributed by atoms with E-state index < -0.39 is 0 Å². The number of likely N-dealkylation sites (tertiary alicyclic amines) is 1. The molecule has 1 atom stereocenters. The van der Waals surface area contributed by atoms with Gasteiger partial charge in [0.15, 0.2) is 10.9 Å². The Kier molecular flexibility index (Phi) is 9.82. The molecule has 5 nitrogen and oxygen atoms in total. The van der Waals surface area contributed by atoms with E-state index in [-0.39, 0.29) is 51.3 Å². The molecule has 9 heteroatoms. The Morgan fingerprint density at radius 3 is 2.53 bits per heavy atom. The molecule has 0 spiro atoms. The molecule has 1 aliphatic rings. The molecule has 4 rings (SSSR count). The fourth-order valence-corrected chi connectivity index (χ4v) is 4.93. The molecule has 1 unspecified atom stereocenters. The van der Waals surface area contributed by atoms with Gasteiger partial charge in [-0.15, -0.1) is 45.3 Å². The number of hydrogen-bond acceptors (Lipinski definition) is 6. The fraction of sp³-hybridized carbons (Fsp3) is 0.304. The van der Waals surface area contributed by atoms with Crippen molar-refractivity contribution in [1.29, 1.82) is 0 Å². The van der Waals surface area contributed by atoms with Crippen LogP contribution in [0.5, 0.6) is 5.75 Å². The van der Waals surface area contributed by atoms with Gasteiger partial charge in [0.2, 0.25) is 0 Å². The number of thiazole rings is 1. The molecule has 1 saturated heterocycles. The second kappa shape index (κ2) is 11.9. The molecule has 172 valence electrons. The van der Waals surface area contributed by atoms with Crippen LogP contribution in [0.1, 0.15) is 40.4 Å². The standard InChI is InChI=1S/C23H24FN3O2S.2BrH/c24-18-7-3-16(4-8-18)21-22(30-23(25)26-21)17-11-13-27(14-17)12-1-2-20(29)15-5-9-19(28)10-6-15;;/h3-10,17,28H,1-2,11-14H2,(H2,25,26);2*1H. The topological polar surface area (TPSA) is 79.5 Å². The molecule has 0 bridgehead atoms. The van der Waals surface area contributed by atoms with E-state index in [2.05, 4.69) is 9.88 Å². The van der Waals surface area contributed by atoms with E-state index in [1.54, 1.807) is 24.3 Å². The third-order valence-electron chi connectivity index (χ3n) is 5.50. The first kappa shape index (κ1) is 26.4. The molecule has 2 aromatic carbocycles. The monoisotopic (exact) mass is 585 g/mol. The van der Waals surface area contributed by atoms with Crippen molar-refractivity contribution >= 4 is 56.2 Å². The number of carbonyl (C=O) groups is 1. The van der Waals surface area contributed by atoms with Crippen molar-refractivity contribution in [3.05, 3.63) is 64.8 Å². The summed E-state index contributed by atoms with van der Waals surface area (Å²) in [5.41, 5.74) is 8.37. The third kappa shape index (κ3) is 6.37. The molecule has 2 heterocycles. The van der Waals surface area contributed by atoms with Crippen LogP contribution in [0.25, 0.3) is 11.3 Å². The maximum Gasteiger partial charge on any atom is 0.180 e. The molecule has 0 aliphatic carbocycles. The van der Waals surface area contributed by atoms with E-state index in [1.807, 2.05) is 0 Å². The average Bonchev–Trinajstić information content (AvgIpc) is 3.35. The Morgan fingerprint density at radius 2 is 1.84 bits per heavy atom. The van der Waals surface area contributed by atoms with Crippen LogP contribution in [0.3, 0.4) is 0 Å². The van der Waals surface area contributed by atoms with Crippen molar-refractivity contribution < 1.29 is 14.3 Å². The van der Waals surface area contributed by atoms with Gasteiger partial charge in [-0.1, -0.05) is 0 Å². The quantitative estimate of drug-likeness (QED) is 0.340. The minimum atomic E-state index is -0.266. The van der Waals surface area contributed by atoms with Crippen LogP contribution in [0.4, 0.5) is 9.52 Å². The van der Waals surface area contributed by atoms with Crippen molar-refractivity contribution in [1.82, 2.24) is 9.88 Å². The average molecular weight is 587 g/mol. The number of halogens is 3. The summed E-state index contributed by atoms with van der Waals surface area (Å²) in [6.07, 6.45) is 2.30. The second-order valence-electron chi connectivity index (χ2n) is 7.63. The first-order valence-electron chi connectivity index (χ1n) is 10.1. The Bertz CT molecular complexity index is 1030. The van der Waals surface area contributed by atoms with E-state index in [9.17, 15) is 14.3 Å². The molecule has 1 fully saturated rings. The number of ketones is 1. The summed E-state index contributed by atoms with van der Waals surface area (Å²) in [5, 5.41) is 9.87. The van der Waals surface area contributed by atoms with Crippen LogP contribution in [-0.4, -0.2) is 40.4 Å². The third-order valence-corrected chi connectivity index (χ3v) is 6.55. The molecule has 1 aromatic heterocycles. The number of nitrogens with two attached hydrogens (primary N) is 1. The number of carbonyl (C=O) groups excluding carboxylic acids is 1. The molecule has 3 N–H and O–H groups in total. The molecular weight excluding hydrogens is 561 g/mol. The maximum atomic E-state index is 13.3. The number of aromatic hydroxyl groups is 1. The van der Waals surface area contributed by atoms with Gasteiger partial charge in [0.05, 0.1) is 5.69 Å². The van der Waals surface area contributed by atoms with Gasteiger partial charge in [-0.25, -0.2) is 9.37 Å². The molecule has 0 radical (unpaired) electrons. The number of hydrogen-bond donors (Lipinski definition) is 2. The van der Waals surface area contributed by atoms with Gasteiger partial charge in [-0.2, -0.15) is 0 Å². The zero-order valence-corrected chi connectivity index (χ0v) is 21.6. The van der Waals surface area contributed by atoms with Gasteiger partial charge in [0.1, 0.15) is 11.6 Å². The number of benzene rings is 2. The first-order chi connectivity index (χ1) is 14.5. The van der Waals surface area contributed by atoms with Crippen LogP contribution in [0.2, 0.25) is 0 Å². The molecule has 32 heavy (non-hydrogen) atoms. The van der Waals surface area contributed by atoms with Gasteiger partial charge in [0, 0.05) is 34.9 Å². The highest BCUT2D eigenvalue weighted by atomic mass is 79.9. The molecule has 0 saturated carbocycles. The lowest BCUT2D eigenvalue weighted by molar-refractivity contribution is 0.0976. The first-order valence-corrected chi connectivity index (χ1v) is 10.9. The summed E-state index contributed by atoms with van der Waals surface area (Å²) in [6.45, 7) is 2.74. The van der Waals surface area contributed by atoms with Crippen LogP contribution in [-0.2, 0) is 0 Å². The van der Waals surface area contributed by atoms with Crippen molar-refractivity contribution in [3.63, 3.8) is 0 Å². The highest BCUT2D eigenvalue weighted by molar-refractivity contribution is 8.93. The van der Waals surface area contributed by atoms with Gasteiger partial charge >= 0.3 is 0 Å². The van der Waals surface area contributed by atoms with Crippen molar-refractivity contribution in [3.8, 4) is 17.0 Å². The Balaban J connectivity index is 0.00000181. The number of nitrogen functional groups attached to an aromatic ring is 1. The number of anilines is 1. The Hall–Kier alpha value is -1.81. The lowest BCUT2D eigenvalue weighted by atomic mass is 10.0. The second-order valence-corrected chi connectivity index (χ2v) is 8.69. The summed E-state index contributed by atoms with van der Waals surface area (Å²) in [4.78, 5) is 20.3. The Labute approximate surface area is 212 Å². The molecular formula is C23H26Br2FN3O2S. The zero-order valence-electron chi connectivity index (χ0n) is 17.4. The van der Waals surface area contributed by atoms with E-state index in [4.69, 9.17) is 5.73 Å². The van der Waals surface area contributed by atoms with Gasteiger partial charge in [0.25, 0.3) is 0 Å². The van der Waals surface area contributed by atoms with Crippen LogP contribution in [0, 0.1) is 5.82 Å². The van der Waals surface area contributed by atoms with E-state index in [1.165, 1.54) is 35.6 Å². The molecule has 1 aliphatic heterocycles. The number of aromatic nitrogens is 1. The van der Waals surface area contributed by atoms with Crippen molar-refractivity contribution in [2.45, 2.75) is 25.2 Å². The number of phenolic OH excluding ortho intramolecular Hbond substituents is 1. The largest absolute Gasteiger partial charge is 0.508 e. The van der Waals surface area contributed by atoms with Crippen LogP contribution >= 0.6 is 45.3 Å². The minimum absolute atomic E-state index is 0. The van der Waals surface area contributed by atoms with E-state index >= 15 is 0 Å². The van der Waals surface area contributed by atoms with Crippen molar-refractivity contribution in [2.75, 3.05) is 25.4 Å². The highest BCUT2D eigenvalue weighted by Gasteiger charge is 2.28. The summed E-state index contributed by atoms with van der Waals surface area (Å²) >= 11 is 1.51. The predicted molar refractivity (Wildman–Crippen MR) is 138 cm³/mol. The summed E-state index contributed by atoms with van der Waals surface area (Å²) in [6, 6.07) is 12.8. The summed E-state index contributed by atoms with van der Waals surface area (Å²) in [5.74, 6) is 0.336. The maximum absolute atomic E-state index is 13.3. The normalized spacial score (nSPS) is 15.7. The smallest absolute Gasteiger partial charge is 0.180 e. The SMILES string of the molecule is Br.Br.Nc1nc(-c2ccc(F)cc2)c(C2CCN(CCCC(=O)c3ccc(O)cc3)C2)s1. The summed E-state index contributed by atoms with van der Waals surface area (Å²) in [7, 11) is 0. The van der Waals surface area contributed by atoms with Crippen LogP contribution in [0.15, 0.2) is 48.5 Å². The lowest BCUT2D eigenvalue weighted by Crippen LogP contribution is -2.22. The van der Waals surface area contributed by atoms with Gasteiger partial charge in [-0.3, -0.25) is 4.79 Å². The number of rotatable bonds is 7. The lowest BCUT2D eigenvalue weighted by Gasteiger charge is -2.15. The van der Waals surface area contributed by atoms with Gasteiger partial charge in [-0.05, 0) is 74.5 Å². The van der Waals surface area contributed by atoms with Gasteiger partial charge < -0.3 is 15.7 Å². The minimum Gasteiger partial charge on any atom is -0.508 e. The molecule has 3 aromatic rings. The predicted octanol–water partition coefficient (Wildman–Crippen LogP) is 5.85. The molecule has 0 amide bonds.